The van der Waals surface area contributed by atoms with E-state index in [1.54, 1.807) is 0 Å². The van der Waals surface area contributed by atoms with Gasteiger partial charge >= 0.3 is 5.97 Å². The van der Waals surface area contributed by atoms with Gasteiger partial charge in [-0.3, -0.25) is 14.1 Å². The molecule has 0 bridgehead atoms. The van der Waals surface area contributed by atoms with Gasteiger partial charge < -0.3 is 10.1 Å². The summed E-state index contributed by atoms with van der Waals surface area (Å²) in [7, 11) is -4.44. The first-order valence-corrected chi connectivity index (χ1v) is 12.8. The Morgan fingerprint density at radius 3 is 2.13 bits per heavy atom. The third-order valence-electron chi connectivity index (χ3n) is 4.99. The van der Waals surface area contributed by atoms with Crippen LogP contribution in [0.25, 0.3) is 0 Å². The Balaban J connectivity index is 2.03. The molecule has 1 aromatic carbocycles. The van der Waals surface area contributed by atoms with Crippen molar-refractivity contribution < 1.29 is 27.3 Å². The van der Waals surface area contributed by atoms with Gasteiger partial charge in [0.25, 0.3) is 10.1 Å². The number of hydrogen-bond acceptors (Lipinski definition) is 5. The number of carbonyl (C=O) groups is 2. The molecule has 0 spiro atoms. The average Bonchev–Trinajstić information content (AvgIpc) is 2.72. The minimum absolute atomic E-state index is 0.144. The lowest BCUT2D eigenvalue weighted by atomic mass is 10.1. The molecular weight excluding hydrogens is 418 g/mol. The lowest BCUT2D eigenvalue weighted by molar-refractivity contribution is -0.134. The van der Waals surface area contributed by atoms with E-state index in [1.807, 2.05) is 0 Å². The topological polar surface area (TPSA) is 110 Å². The average molecular weight is 456 g/mol. The number of rotatable bonds is 17. The minimum Gasteiger partial charge on any atom is -0.425 e. The van der Waals surface area contributed by atoms with Crippen LogP contribution in [-0.2, 0) is 19.7 Å². The molecule has 0 fully saturated rings. The van der Waals surface area contributed by atoms with Gasteiger partial charge in [0.15, 0.2) is 5.75 Å². The summed E-state index contributed by atoms with van der Waals surface area (Å²) in [5.74, 6) is -0.530. The lowest BCUT2D eigenvalue weighted by Crippen LogP contribution is -2.23. The van der Waals surface area contributed by atoms with Crippen LogP contribution in [0.3, 0.4) is 0 Å². The number of benzene rings is 1. The van der Waals surface area contributed by atoms with Crippen molar-refractivity contribution in [3.8, 4) is 5.75 Å². The minimum atomic E-state index is -4.44. The van der Waals surface area contributed by atoms with E-state index >= 15 is 0 Å². The van der Waals surface area contributed by atoms with Crippen LogP contribution in [0.2, 0.25) is 0 Å². The van der Waals surface area contributed by atoms with E-state index in [0.717, 1.165) is 44.9 Å². The summed E-state index contributed by atoms with van der Waals surface area (Å²) in [4.78, 5) is 23.2. The van der Waals surface area contributed by atoms with Crippen molar-refractivity contribution in [3.63, 3.8) is 0 Å². The fraction of sp³-hybridized carbons (Fsp3) is 0.652. The zero-order valence-corrected chi connectivity index (χ0v) is 19.4. The molecule has 0 aliphatic carbocycles. The van der Waals surface area contributed by atoms with Gasteiger partial charge in [-0.05, 0) is 31.4 Å². The molecule has 0 saturated carbocycles. The molecule has 0 aliphatic rings. The van der Waals surface area contributed by atoms with Crippen LogP contribution < -0.4 is 10.1 Å². The molecule has 0 atom stereocenters. The van der Waals surface area contributed by atoms with Crippen LogP contribution >= 0.6 is 0 Å². The number of para-hydroxylation sites is 1. The normalized spacial score (nSPS) is 11.3. The smallest absolute Gasteiger partial charge is 0.311 e. The van der Waals surface area contributed by atoms with Crippen molar-refractivity contribution in [3.05, 3.63) is 24.3 Å². The first-order chi connectivity index (χ1) is 14.8. The summed E-state index contributed by atoms with van der Waals surface area (Å²) in [5.41, 5.74) is 0. The van der Waals surface area contributed by atoms with Gasteiger partial charge in [0.2, 0.25) is 5.91 Å². The van der Waals surface area contributed by atoms with E-state index in [2.05, 4.69) is 12.2 Å². The van der Waals surface area contributed by atoms with Crippen molar-refractivity contribution >= 4 is 22.0 Å². The van der Waals surface area contributed by atoms with Crippen LogP contribution in [0, 0.1) is 0 Å². The van der Waals surface area contributed by atoms with Crippen LogP contribution in [0.1, 0.15) is 90.4 Å². The molecular formula is C23H37NO6S. The monoisotopic (exact) mass is 455 g/mol. The lowest BCUT2D eigenvalue weighted by Gasteiger charge is -2.08. The van der Waals surface area contributed by atoms with Crippen molar-refractivity contribution in [2.45, 2.75) is 95.3 Å². The Bertz CT molecular complexity index is 763. The molecule has 31 heavy (non-hydrogen) atoms. The number of nitrogens with one attached hydrogen (secondary N) is 1. The molecule has 2 N–H and O–H groups in total. The SMILES string of the molecule is CCCCCCCC(=O)NCCCCCCCCC(=O)Oc1ccccc1S(=O)(=O)O. The van der Waals surface area contributed by atoms with Gasteiger partial charge in [-0.15, -0.1) is 0 Å². The van der Waals surface area contributed by atoms with Crippen LogP contribution in [0.5, 0.6) is 5.75 Å². The molecule has 1 rings (SSSR count). The Labute approximate surface area is 186 Å². The van der Waals surface area contributed by atoms with Crippen LogP contribution in [0.15, 0.2) is 29.2 Å². The molecule has 0 unspecified atom stereocenters. The summed E-state index contributed by atoms with van der Waals surface area (Å²) in [6, 6.07) is 5.51. The van der Waals surface area contributed by atoms with Crippen LogP contribution in [0.4, 0.5) is 0 Å². The maximum atomic E-state index is 11.9. The van der Waals surface area contributed by atoms with Crippen LogP contribution in [-0.4, -0.2) is 31.4 Å². The summed E-state index contributed by atoms with van der Waals surface area (Å²) in [6.45, 7) is 2.89. The second-order valence-corrected chi connectivity index (χ2v) is 9.17. The van der Waals surface area contributed by atoms with Gasteiger partial charge in [-0.1, -0.05) is 70.4 Å². The fourth-order valence-corrected chi connectivity index (χ4v) is 3.84. The Morgan fingerprint density at radius 1 is 0.871 bits per heavy atom. The maximum absolute atomic E-state index is 11.9. The number of hydrogen-bond donors (Lipinski definition) is 2. The molecule has 0 saturated heterocycles. The predicted octanol–water partition coefficient (Wildman–Crippen LogP) is 5.05. The summed E-state index contributed by atoms with van der Waals surface area (Å²) in [6.07, 6.45) is 12.1. The Kier molecular flexibility index (Phi) is 13.8. The van der Waals surface area contributed by atoms with Gasteiger partial charge in [-0.25, -0.2) is 0 Å². The maximum Gasteiger partial charge on any atom is 0.311 e. The number of amides is 1. The van der Waals surface area contributed by atoms with E-state index in [-0.39, 0.29) is 18.1 Å². The first-order valence-electron chi connectivity index (χ1n) is 11.4. The van der Waals surface area contributed by atoms with E-state index in [4.69, 9.17) is 4.74 Å². The van der Waals surface area contributed by atoms with Gasteiger partial charge in [0.1, 0.15) is 4.90 Å². The fourth-order valence-electron chi connectivity index (χ4n) is 3.23. The molecule has 0 aromatic heterocycles. The third kappa shape index (κ3) is 13.2. The summed E-state index contributed by atoms with van der Waals surface area (Å²) >= 11 is 0. The number of esters is 1. The highest BCUT2D eigenvalue weighted by molar-refractivity contribution is 7.86. The van der Waals surface area contributed by atoms with Crippen molar-refractivity contribution in [2.24, 2.45) is 0 Å². The highest BCUT2D eigenvalue weighted by atomic mass is 32.2. The molecule has 1 amide bonds. The zero-order valence-electron chi connectivity index (χ0n) is 18.6. The van der Waals surface area contributed by atoms with Crippen molar-refractivity contribution in [1.29, 1.82) is 0 Å². The van der Waals surface area contributed by atoms with Gasteiger partial charge in [0, 0.05) is 19.4 Å². The molecule has 0 radical (unpaired) electrons. The van der Waals surface area contributed by atoms with E-state index in [0.29, 0.717) is 19.4 Å². The zero-order chi connectivity index (χ0) is 23.0. The second-order valence-electron chi connectivity index (χ2n) is 7.78. The molecule has 0 heterocycles. The van der Waals surface area contributed by atoms with Crippen molar-refractivity contribution in [1.82, 2.24) is 5.32 Å². The van der Waals surface area contributed by atoms with E-state index < -0.39 is 21.0 Å². The third-order valence-corrected chi connectivity index (χ3v) is 5.88. The second kappa shape index (κ2) is 15.8. The molecule has 7 nitrogen and oxygen atoms in total. The van der Waals surface area contributed by atoms with Gasteiger partial charge in [0.05, 0.1) is 0 Å². The quantitative estimate of drug-likeness (QED) is 0.147. The number of ether oxygens (including phenoxy) is 1. The Morgan fingerprint density at radius 2 is 1.45 bits per heavy atom. The molecule has 0 aliphatic heterocycles. The highest BCUT2D eigenvalue weighted by Crippen LogP contribution is 2.23. The molecule has 176 valence electrons. The van der Waals surface area contributed by atoms with Gasteiger partial charge in [-0.2, -0.15) is 8.42 Å². The number of carbonyl (C=O) groups excluding carboxylic acids is 2. The summed E-state index contributed by atoms with van der Waals surface area (Å²) < 4.78 is 36.9. The predicted molar refractivity (Wildman–Crippen MR) is 121 cm³/mol. The molecule has 1 aromatic rings. The Hall–Kier alpha value is -1.93. The largest absolute Gasteiger partial charge is 0.425 e. The van der Waals surface area contributed by atoms with E-state index in [9.17, 15) is 22.6 Å². The first kappa shape index (κ1) is 27.1. The number of unbranched alkanes of at least 4 members (excludes halogenated alkanes) is 9. The van der Waals surface area contributed by atoms with E-state index in [1.165, 1.54) is 43.5 Å². The standard InChI is InChI=1S/C23H37NO6S/c1-2-3-4-7-10-17-22(25)24-19-14-9-6-5-8-11-18-23(26)30-20-15-12-13-16-21(20)31(27,28)29/h12-13,15-16H,2-11,14,17-19H2,1H3,(H,24,25)(H,27,28,29). The summed E-state index contributed by atoms with van der Waals surface area (Å²) in [5, 5.41) is 2.97. The van der Waals surface area contributed by atoms with Crippen molar-refractivity contribution in [2.75, 3.05) is 6.54 Å². The highest BCUT2D eigenvalue weighted by Gasteiger charge is 2.18. The molecule has 8 heteroatoms.